The van der Waals surface area contributed by atoms with Crippen molar-refractivity contribution < 1.29 is 4.74 Å². The van der Waals surface area contributed by atoms with Gasteiger partial charge in [0.15, 0.2) is 0 Å². The Bertz CT molecular complexity index is 369. The van der Waals surface area contributed by atoms with Crippen LogP contribution in [0.2, 0.25) is 5.02 Å². The second kappa shape index (κ2) is 6.19. The summed E-state index contributed by atoms with van der Waals surface area (Å²) in [5.74, 6) is 0.846. The van der Waals surface area contributed by atoms with Crippen molar-refractivity contribution in [3.63, 3.8) is 0 Å². The lowest BCUT2D eigenvalue weighted by Crippen LogP contribution is -2.16. The molecular formula is C12H18ClN3O. The second-order valence-corrected chi connectivity index (χ2v) is 4.64. The Labute approximate surface area is 107 Å². The smallest absolute Gasteiger partial charge is 0.126 e. The molecule has 1 aliphatic rings. The first-order chi connectivity index (χ1) is 8.29. The largest absolute Gasteiger partial charge is 0.383 e. The number of hydrogen-bond donors (Lipinski definition) is 2. The number of methoxy groups -OCH3 is 1. The van der Waals surface area contributed by atoms with Gasteiger partial charge in [-0.2, -0.15) is 0 Å². The molecule has 1 heterocycles. The Morgan fingerprint density at radius 3 is 3.06 bits per heavy atom. The van der Waals surface area contributed by atoms with Crippen molar-refractivity contribution in [2.24, 2.45) is 0 Å². The van der Waals surface area contributed by atoms with Crippen LogP contribution >= 0.6 is 11.6 Å². The summed E-state index contributed by atoms with van der Waals surface area (Å²) in [6.07, 6.45) is 4.25. The van der Waals surface area contributed by atoms with Gasteiger partial charge in [-0.05, 0) is 24.5 Å². The van der Waals surface area contributed by atoms with E-state index in [4.69, 9.17) is 16.3 Å². The third kappa shape index (κ3) is 4.15. The van der Waals surface area contributed by atoms with Crippen LogP contribution in [0.5, 0.6) is 0 Å². The highest BCUT2D eigenvalue weighted by Crippen LogP contribution is 2.22. The number of rotatable bonds is 7. The molecule has 0 atom stereocenters. The van der Waals surface area contributed by atoms with Crippen molar-refractivity contribution in [2.45, 2.75) is 25.4 Å². The summed E-state index contributed by atoms with van der Waals surface area (Å²) in [4.78, 5) is 4.23. The third-order valence-electron chi connectivity index (χ3n) is 2.71. The number of nitrogens with zero attached hydrogens (tertiary/aromatic N) is 1. The lowest BCUT2D eigenvalue weighted by atomic mass is 10.2. The number of pyridine rings is 1. The molecule has 17 heavy (non-hydrogen) atoms. The Balaban J connectivity index is 1.90. The van der Waals surface area contributed by atoms with Crippen molar-refractivity contribution in [1.29, 1.82) is 0 Å². The van der Waals surface area contributed by atoms with Gasteiger partial charge in [-0.15, -0.1) is 0 Å². The summed E-state index contributed by atoms with van der Waals surface area (Å²) in [6, 6.07) is 2.68. The van der Waals surface area contributed by atoms with Crippen LogP contribution in [0.25, 0.3) is 0 Å². The van der Waals surface area contributed by atoms with Gasteiger partial charge in [0.2, 0.25) is 0 Å². The van der Waals surface area contributed by atoms with Crippen molar-refractivity contribution >= 4 is 17.4 Å². The summed E-state index contributed by atoms with van der Waals surface area (Å²) in [6.45, 7) is 2.23. The number of anilines is 1. The molecule has 5 heteroatoms. The zero-order valence-electron chi connectivity index (χ0n) is 10.0. The first kappa shape index (κ1) is 12.6. The average Bonchev–Trinajstić information content (AvgIpc) is 3.14. The fourth-order valence-corrected chi connectivity index (χ4v) is 1.71. The molecule has 0 saturated heterocycles. The highest BCUT2D eigenvalue weighted by Gasteiger charge is 2.20. The molecule has 2 rings (SSSR count). The predicted molar refractivity (Wildman–Crippen MR) is 69.5 cm³/mol. The number of halogens is 1. The minimum Gasteiger partial charge on any atom is -0.383 e. The monoisotopic (exact) mass is 255 g/mol. The fraction of sp³-hybridized carbons (Fsp3) is 0.583. The van der Waals surface area contributed by atoms with Crippen molar-refractivity contribution in [3.8, 4) is 0 Å². The van der Waals surface area contributed by atoms with Gasteiger partial charge in [-0.25, -0.2) is 4.98 Å². The first-order valence-corrected chi connectivity index (χ1v) is 6.28. The van der Waals surface area contributed by atoms with Gasteiger partial charge in [0.25, 0.3) is 0 Å². The summed E-state index contributed by atoms with van der Waals surface area (Å²) in [7, 11) is 1.68. The van der Waals surface area contributed by atoms with Crippen LogP contribution in [-0.2, 0) is 11.3 Å². The van der Waals surface area contributed by atoms with Gasteiger partial charge < -0.3 is 15.4 Å². The molecule has 0 unspecified atom stereocenters. The van der Waals surface area contributed by atoms with Gasteiger partial charge in [-0.3, -0.25) is 0 Å². The van der Waals surface area contributed by atoms with E-state index in [1.54, 1.807) is 13.3 Å². The molecule has 1 saturated carbocycles. The molecule has 2 N–H and O–H groups in total. The van der Waals surface area contributed by atoms with Gasteiger partial charge >= 0.3 is 0 Å². The lowest BCUT2D eigenvalue weighted by Gasteiger charge is -2.09. The molecule has 0 spiro atoms. The maximum Gasteiger partial charge on any atom is 0.126 e. The van der Waals surface area contributed by atoms with Crippen LogP contribution in [-0.4, -0.2) is 31.3 Å². The van der Waals surface area contributed by atoms with E-state index in [2.05, 4.69) is 15.6 Å². The van der Waals surface area contributed by atoms with E-state index < -0.39 is 0 Å². The van der Waals surface area contributed by atoms with Crippen LogP contribution < -0.4 is 10.6 Å². The van der Waals surface area contributed by atoms with E-state index in [0.29, 0.717) is 12.6 Å². The van der Waals surface area contributed by atoms with Crippen LogP contribution in [0.4, 0.5) is 5.82 Å². The second-order valence-electron chi connectivity index (χ2n) is 4.24. The van der Waals surface area contributed by atoms with Gasteiger partial charge in [-0.1, -0.05) is 11.6 Å². The number of aromatic nitrogens is 1. The summed E-state index contributed by atoms with van der Waals surface area (Å²) < 4.78 is 4.98. The van der Waals surface area contributed by atoms with Gasteiger partial charge in [0.05, 0.1) is 11.6 Å². The number of ether oxygens (including phenoxy) is 1. The Morgan fingerprint density at radius 2 is 2.35 bits per heavy atom. The Morgan fingerprint density at radius 1 is 1.53 bits per heavy atom. The maximum absolute atomic E-state index is 6.11. The molecule has 0 bridgehead atoms. The topological polar surface area (TPSA) is 46.2 Å². The first-order valence-electron chi connectivity index (χ1n) is 5.90. The van der Waals surface area contributed by atoms with E-state index in [1.165, 1.54) is 12.8 Å². The van der Waals surface area contributed by atoms with Crippen LogP contribution in [0.3, 0.4) is 0 Å². The quantitative estimate of drug-likeness (QED) is 0.732. The maximum atomic E-state index is 6.11. The zero-order valence-corrected chi connectivity index (χ0v) is 10.8. The molecule has 0 aliphatic heterocycles. The molecule has 1 aliphatic carbocycles. The van der Waals surface area contributed by atoms with E-state index in [9.17, 15) is 0 Å². The highest BCUT2D eigenvalue weighted by molar-refractivity contribution is 6.31. The molecule has 0 radical (unpaired) electrons. The SMILES string of the molecule is COCCNc1cc(CNC2CC2)c(Cl)cn1. The van der Waals surface area contributed by atoms with Crippen molar-refractivity contribution in [1.82, 2.24) is 10.3 Å². The standard InChI is InChI=1S/C12H18ClN3O/c1-17-5-4-14-12-6-9(11(13)8-16-12)7-15-10-2-3-10/h6,8,10,15H,2-5,7H2,1H3,(H,14,16). The number of hydrogen-bond acceptors (Lipinski definition) is 4. The lowest BCUT2D eigenvalue weighted by molar-refractivity contribution is 0.210. The number of nitrogens with one attached hydrogen (secondary N) is 2. The normalized spacial score (nSPS) is 14.9. The van der Waals surface area contributed by atoms with E-state index in [1.807, 2.05) is 6.07 Å². The van der Waals surface area contributed by atoms with Crippen molar-refractivity contribution in [3.05, 3.63) is 22.8 Å². The van der Waals surface area contributed by atoms with Crippen LogP contribution in [0, 0.1) is 0 Å². The molecule has 1 fully saturated rings. The zero-order chi connectivity index (χ0) is 12.1. The van der Waals surface area contributed by atoms with E-state index in [-0.39, 0.29) is 0 Å². The fourth-order valence-electron chi connectivity index (χ4n) is 1.54. The Hall–Kier alpha value is -0.840. The van der Waals surface area contributed by atoms with Gasteiger partial charge in [0.1, 0.15) is 5.82 Å². The molecule has 1 aromatic heterocycles. The molecule has 94 valence electrons. The van der Waals surface area contributed by atoms with Gasteiger partial charge in [0, 0.05) is 32.4 Å². The molecule has 1 aromatic rings. The summed E-state index contributed by atoms with van der Waals surface area (Å²) in [5, 5.41) is 7.36. The Kier molecular flexibility index (Phi) is 4.59. The minimum atomic E-state index is 0.667. The average molecular weight is 256 g/mol. The molecular weight excluding hydrogens is 238 g/mol. The third-order valence-corrected chi connectivity index (χ3v) is 3.05. The van der Waals surface area contributed by atoms with E-state index >= 15 is 0 Å². The molecule has 0 amide bonds. The molecule has 4 nitrogen and oxygen atoms in total. The summed E-state index contributed by atoms with van der Waals surface area (Å²) >= 11 is 6.11. The van der Waals surface area contributed by atoms with Crippen LogP contribution in [0.15, 0.2) is 12.3 Å². The van der Waals surface area contributed by atoms with E-state index in [0.717, 1.165) is 29.5 Å². The summed E-state index contributed by atoms with van der Waals surface area (Å²) in [5.41, 5.74) is 1.09. The van der Waals surface area contributed by atoms with Crippen LogP contribution in [0.1, 0.15) is 18.4 Å². The predicted octanol–water partition coefficient (Wildman–Crippen LogP) is 2.05. The van der Waals surface area contributed by atoms with Crippen molar-refractivity contribution in [2.75, 3.05) is 25.6 Å². The minimum absolute atomic E-state index is 0.667. The highest BCUT2D eigenvalue weighted by atomic mass is 35.5. The molecule has 0 aromatic carbocycles.